The number of para-hydroxylation sites is 1. The predicted octanol–water partition coefficient (Wildman–Crippen LogP) is 5.02. The molecule has 0 aliphatic carbocycles. The Morgan fingerprint density at radius 3 is 2.82 bits per heavy atom. The van der Waals surface area contributed by atoms with Gasteiger partial charge in [-0.25, -0.2) is 13.1 Å². The topological polar surface area (TPSA) is 84.4 Å². The van der Waals surface area contributed by atoms with E-state index in [-0.39, 0.29) is 10.9 Å². The van der Waals surface area contributed by atoms with E-state index in [0.717, 1.165) is 53.5 Å². The molecule has 2 bridgehead atoms. The van der Waals surface area contributed by atoms with Crippen molar-refractivity contribution < 1.29 is 13.2 Å². The van der Waals surface area contributed by atoms with Gasteiger partial charge in [-0.15, -0.1) is 6.58 Å². The molecule has 0 spiro atoms. The Hall–Kier alpha value is -3.33. The molecule has 2 aromatic heterocycles. The van der Waals surface area contributed by atoms with Gasteiger partial charge >= 0.3 is 0 Å². The lowest BCUT2D eigenvalue weighted by molar-refractivity contribution is 0.00490. The molecule has 5 atom stereocenters. The van der Waals surface area contributed by atoms with E-state index in [2.05, 4.69) is 32.2 Å². The molecule has 0 saturated carbocycles. The summed E-state index contributed by atoms with van der Waals surface area (Å²) in [5, 5.41) is 1.68. The van der Waals surface area contributed by atoms with Crippen molar-refractivity contribution in [2.45, 2.75) is 36.7 Å². The Balaban J connectivity index is 1.49. The highest BCUT2D eigenvalue weighted by Gasteiger charge is 2.44. The van der Waals surface area contributed by atoms with Gasteiger partial charge in [0.15, 0.2) is 0 Å². The molecule has 3 aliphatic rings. The molecule has 8 heteroatoms. The number of fused-ring (bicyclic) bond motifs is 5. The maximum atomic E-state index is 14.1. The maximum absolute atomic E-state index is 14.1. The molecule has 3 aliphatic heterocycles. The lowest BCUT2D eigenvalue weighted by Gasteiger charge is -2.51. The van der Waals surface area contributed by atoms with E-state index in [4.69, 9.17) is 4.74 Å². The van der Waals surface area contributed by atoms with Gasteiger partial charge in [-0.2, -0.15) is 0 Å². The fraction of sp³-hybridized carbons (Fsp3) is 0.333. The third-order valence-electron chi connectivity index (χ3n) is 8.25. The molecule has 3 fully saturated rings. The molecule has 196 valence electrons. The fourth-order valence-corrected chi connectivity index (χ4v) is 7.70. The van der Waals surface area contributed by atoms with Crippen LogP contribution < -0.4 is 9.46 Å². The SMILES string of the molecule is C=C[C@@H]1CN2CC[C@H]1C[C@H]2[C@@H](NS(=O)(=O)c1cccc2ccc(C)nc12)c1ccnc2ccc(OC)cc12. The van der Waals surface area contributed by atoms with Crippen LogP contribution >= 0.6 is 0 Å². The number of methoxy groups -OCH3 is 1. The van der Waals surface area contributed by atoms with E-state index in [1.54, 1.807) is 25.4 Å². The van der Waals surface area contributed by atoms with Gasteiger partial charge in [-0.1, -0.05) is 24.3 Å². The molecule has 5 heterocycles. The van der Waals surface area contributed by atoms with Crippen LogP contribution in [0.1, 0.15) is 30.1 Å². The van der Waals surface area contributed by atoms with Crippen molar-refractivity contribution in [3.63, 3.8) is 0 Å². The molecule has 7 rings (SSSR count). The molecule has 2 aromatic carbocycles. The van der Waals surface area contributed by atoms with Gasteiger partial charge in [0.25, 0.3) is 0 Å². The van der Waals surface area contributed by atoms with Crippen LogP contribution in [0.3, 0.4) is 0 Å². The number of aryl methyl sites for hydroxylation is 1. The van der Waals surface area contributed by atoms with E-state index >= 15 is 0 Å². The van der Waals surface area contributed by atoms with Crippen LogP contribution in [0, 0.1) is 18.8 Å². The minimum absolute atomic E-state index is 0.00111. The van der Waals surface area contributed by atoms with Crippen LogP contribution in [0.25, 0.3) is 21.8 Å². The number of rotatable bonds is 7. The number of aromatic nitrogens is 2. The largest absolute Gasteiger partial charge is 0.497 e. The van der Waals surface area contributed by atoms with E-state index in [1.807, 2.05) is 49.4 Å². The van der Waals surface area contributed by atoms with Crippen molar-refractivity contribution >= 4 is 31.8 Å². The second-order valence-corrected chi connectivity index (χ2v) is 12.1. The summed E-state index contributed by atoms with van der Waals surface area (Å²) in [6, 6.07) is 16.3. The summed E-state index contributed by atoms with van der Waals surface area (Å²) in [6.45, 7) is 7.76. The zero-order valence-electron chi connectivity index (χ0n) is 21.7. The number of nitrogens with one attached hydrogen (secondary N) is 1. The zero-order valence-corrected chi connectivity index (χ0v) is 22.5. The van der Waals surface area contributed by atoms with Crippen molar-refractivity contribution in [2.24, 2.45) is 11.8 Å². The summed E-state index contributed by atoms with van der Waals surface area (Å²) in [5.74, 6) is 1.62. The number of nitrogens with zero attached hydrogens (tertiary/aromatic N) is 3. The highest BCUT2D eigenvalue weighted by molar-refractivity contribution is 7.89. The van der Waals surface area contributed by atoms with Crippen LogP contribution in [0.5, 0.6) is 5.75 Å². The predicted molar refractivity (Wildman–Crippen MR) is 150 cm³/mol. The van der Waals surface area contributed by atoms with Gasteiger partial charge in [0.2, 0.25) is 10.0 Å². The zero-order chi connectivity index (χ0) is 26.4. The number of pyridine rings is 2. The summed E-state index contributed by atoms with van der Waals surface area (Å²) in [5.41, 5.74) is 2.96. The van der Waals surface area contributed by atoms with Crippen LogP contribution in [-0.4, -0.2) is 49.5 Å². The Kier molecular flexibility index (Phi) is 6.42. The van der Waals surface area contributed by atoms with Gasteiger partial charge in [0.1, 0.15) is 10.6 Å². The highest BCUT2D eigenvalue weighted by atomic mass is 32.2. The number of ether oxygens (including phenoxy) is 1. The van der Waals surface area contributed by atoms with Gasteiger partial charge in [-0.3, -0.25) is 14.9 Å². The van der Waals surface area contributed by atoms with Crippen molar-refractivity contribution in [1.82, 2.24) is 19.6 Å². The molecule has 4 aromatic rings. The molecule has 1 unspecified atom stereocenters. The van der Waals surface area contributed by atoms with Crippen molar-refractivity contribution in [3.8, 4) is 5.75 Å². The Morgan fingerprint density at radius 2 is 2.05 bits per heavy atom. The molecule has 0 radical (unpaired) electrons. The Bertz CT molecular complexity index is 1640. The van der Waals surface area contributed by atoms with E-state index in [1.165, 1.54) is 0 Å². The molecule has 38 heavy (non-hydrogen) atoms. The summed E-state index contributed by atoms with van der Waals surface area (Å²) in [7, 11) is -2.30. The lowest BCUT2D eigenvalue weighted by atomic mass is 9.73. The molecule has 1 N–H and O–H groups in total. The summed E-state index contributed by atoms with van der Waals surface area (Å²) in [6.07, 6.45) is 5.81. The normalized spacial score (nSPS) is 23.9. The van der Waals surface area contributed by atoms with Crippen LogP contribution in [0.15, 0.2) is 78.3 Å². The van der Waals surface area contributed by atoms with Gasteiger partial charge in [0, 0.05) is 35.2 Å². The minimum Gasteiger partial charge on any atom is -0.497 e. The quantitative estimate of drug-likeness (QED) is 0.339. The van der Waals surface area contributed by atoms with E-state index in [0.29, 0.717) is 23.1 Å². The maximum Gasteiger partial charge on any atom is 0.243 e. The highest BCUT2D eigenvalue weighted by Crippen LogP contribution is 2.43. The summed E-state index contributed by atoms with van der Waals surface area (Å²) in [4.78, 5) is 11.8. The monoisotopic (exact) mass is 528 g/mol. The van der Waals surface area contributed by atoms with Crippen molar-refractivity contribution in [3.05, 3.63) is 84.7 Å². The lowest BCUT2D eigenvalue weighted by Crippen LogP contribution is -2.57. The van der Waals surface area contributed by atoms with E-state index < -0.39 is 16.1 Å². The first-order valence-corrected chi connectivity index (χ1v) is 14.5. The average Bonchev–Trinajstić information content (AvgIpc) is 2.95. The molecule has 0 amide bonds. The van der Waals surface area contributed by atoms with Crippen LogP contribution in [0.4, 0.5) is 0 Å². The summed E-state index contributed by atoms with van der Waals surface area (Å²) >= 11 is 0. The number of sulfonamides is 1. The molecule has 7 nitrogen and oxygen atoms in total. The molecular weight excluding hydrogens is 496 g/mol. The number of piperidine rings is 3. The Labute approximate surface area is 223 Å². The summed E-state index contributed by atoms with van der Waals surface area (Å²) < 4.78 is 37.0. The second-order valence-electron chi connectivity index (χ2n) is 10.4. The number of benzene rings is 2. The number of hydrogen-bond donors (Lipinski definition) is 1. The molecule has 3 saturated heterocycles. The second kappa shape index (κ2) is 9.76. The van der Waals surface area contributed by atoms with Crippen LogP contribution in [0.2, 0.25) is 0 Å². The van der Waals surface area contributed by atoms with Gasteiger partial charge in [-0.05, 0) is 80.1 Å². The Morgan fingerprint density at radius 1 is 1.18 bits per heavy atom. The third kappa shape index (κ3) is 4.36. The molecular formula is C30H32N4O3S. The minimum atomic E-state index is -3.93. The first-order valence-electron chi connectivity index (χ1n) is 13.1. The third-order valence-corrected chi connectivity index (χ3v) is 9.72. The van der Waals surface area contributed by atoms with E-state index in [9.17, 15) is 8.42 Å². The van der Waals surface area contributed by atoms with Gasteiger partial charge < -0.3 is 4.74 Å². The first-order chi connectivity index (χ1) is 18.4. The number of hydrogen-bond acceptors (Lipinski definition) is 6. The van der Waals surface area contributed by atoms with Gasteiger partial charge in [0.05, 0.1) is 24.2 Å². The first kappa shape index (κ1) is 25.0. The fourth-order valence-electron chi connectivity index (χ4n) is 6.28. The standard InChI is InChI=1S/C30H32N4O3S/c1-4-20-18-34-15-13-22(20)16-27(34)30(24-12-14-31-26-11-10-23(37-3)17-25(24)26)33-38(35,36)28-7-5-6-21-9-8-19(2)32-29(21)28/h4-12,14,17,20,22,27,30,33H,1,13,15-16,18H2,2-3H3/t20-,22+,27+,30+/m1/s1. The van der Waals surface area contributed by atoms with Crippen molar-refractivity contribution in [1.29, 1.82) is 0 Å². The smallest absolute Gasteiger partial charge is 0.243 e. The average molecular weight is 529 g/mol. The van der Waals surface area contributed by atoms with Crippen molar-refractivity contribution in [2.75, 3.05) is 20.2 Å². The van der Waals surface area contributed by atoms with Crippen LogP contribution in [-0.2, 0) is 10.0 Å².